The second kappa shape index (κ2) is 5.12. The summed E-state index contributed by atoms with van der Waals surface area (Å²) < 4.78 is 2.30. The molecule has 0 radical (unpaired) electrons. The summed E-state index contributed by atoms with van der Waals surface area (Å²) in [4.78, 5) is 23.8. The average Bonchev–Trinajstić information content (AvgIpc) is 2.39. The average molecular weight is 276 g/mol. The molecular weight excluding hydrogens is 266 g/mol. The molecule has 96 valence electrons. The predicted molar refractivity (Wildman–Crippen MR) is 71.7 cm³/mol. The van der Waals surface area contributed by atoms with Crippen LogP contribution in [-0.4, -0.2) is 9.13 Å². The first-order valence-corrected chi connectivity index (χ1v) is 5.88. The van der Waals surface area contributed by atoms with Crippen LogP contribution in [0.4, 0.5) is 0 Å². The topological polar surface area (TPSA) is 67.8 Å². The third kappa shape index (κ3) is 2.30. The van der Waals surface area contributed by atoms with E-state index in [1.807, 2.05) is 6.07 Å². The monoisotopic (exact) mass is 275 g/mol. The summed E-state index contributed by atoms with van der Waals surface area (Å²) in [7, 11) is 0. The van der Waals surface area contributed by atoms with E-state index < -0.39 is 11.1 Å². The first kappa shape index (κ1) is 13.1. The fourth-order valence-electron chi connectivity index (χ4n) is 1.76. The Labute approximate surface area is 113 Å². The Morgan fingerprint density at radius 3 is 2.68 bits per heavy atom. The number of halogens is 1. The largest absolute Gasteiger partial charge is 0.321 e. The molecule has 0 N–H and O–H groups in total. The van der Waals surface area contributed by atoms with Crippen LogP contribution in [-0.2, 0) is 6.54 Å². The third-order valence-corrected chi connectivity index (χ3v) is 3.21. The van der Waals surface area contributed by atoms with Crippen molar-refractivity contribution in [3.05, 3.63) is 61.9 Å². The molecule has 0 saturated carbocycles. The SMILES string of the molecule is Cc1c(Cl)cccc1-n1ccn(CC#N)c(=O)c1=O. The van der Waals surface area contributed by atoms with Gasteiger partial charge in [-0.3, -0.25) is 18.7 Å². The molecule has 0 aliphatic heterocycles. The van der Waals surface area contributed by atoms with Crippen molar-refractivity contribution in [1.82, 2.24) is 9.13 Å². The zero-order chi connectivity index (χ0) is 14.0. The number of nitrogens with zero attached hydrogens (tertiary/aromatic N) is 3. The maximum Gasteiger partial charge on any atom is 0.321 e. The van der Waals surface area contributed by atoms with Crippen LogP contribution < -0.4 is 11.1 Å². The van der Waals surface area contributed by atoms with E-state index >= 15 is 0 Å². The molecule has 0 fully saturated rings. The molecule has 0 atom stereocenters. The van der Waals surface area contributed by atoms with E-state index in [1.165, 1.54) is 17.0 Å². The minimum Gasteiger partial charge on any atom is -0.295 e. The summed E-state index contributed by atoms with van der Waals surface area (Å²) in [5, 5.41) is 9.08. The Kier molecular flexibility index (Phi) is 3.54. The van der Waals surface area contributed by atoms with E-state index in [4.69, 9.17) is 16.9 Å². The van der Waals surface area contributed by atoms with Crippen LogP contribution in [0.1, 0.15) is 5.56 Å². The van der Waals surface area contributed by atoms with Crippen molar-refractivity contribution in [3.8, 4) is 11.8 Å². The summed E-state index contributed by atoms with van der Waals surface area (Å²) in [6, 6.07) is 6.95. The fourth-order valence-corrected chi connectivity index (χ4v) is 1.93. The van der Waals surface area contributed by atoms with E-state index in [-0.39, 0.29) is 6.54 Å². The minimum absolute atomic E-state index is 0.149. The molecule has 0 amide bonds. The van der Waals surface area contributed by atoms with Gasteiger partial charge in [0, 0.05) is 17.4 Å². The van der Waals surface area contributed by atoms with Gasteiger partial charge in [-0.05, 0) is 24.6 Å². The van der Waals surface area contributed by atoms with Crippen molar-refractivity contribution in [1.29, 1.82) is 5.26 Å². The molecule has 2 rings (SSSR count). The molecule has 0 spiro atoms. The zero-order valence-electron chi connectivity index (χ0n) is 10.1. The minimum atomic E-state index is -0.733. The lowest BCUT2D eigenvalue weighted by molar-refractivity contribution is 0.738. The maximum absolute atomic E-state index is 12.0. The highest BCUT2D eigenvalue weighted by molar-refractivity contribution is 6.31. The maximum atomic E-state index is 12.0. The Hall–Kier alpha value is -2.32. The van der Waals surface area contributed by atoms with Gasteiger partial charge in [0.25, 0.3) is 0 Å². The van der Waals surface area contributed by atoms with Gasteiger partial charge in [0.15, 0.2) is 0 Å². The van der Waals surface area contributed by atoms with Gasteiger partial charge in [0.1, 0.15) is 6.54 Å². The highest BCUT2D eigenvalue weighted by Gasteiger charge is 2.09. The first-order valence-electron chi connectivity index (χ1n) is 5.51. The smallest absolute Gasteiger partial charge is 0.295 e. The van der Waals surface area contributed by atoms with E-state index in [1.54, 1.807) is 25.1 Å². The number of hydrogen-bond acceptors (Lipinski definition) is 3. The van der Waals surface area contributed by atoms with E-state index in [2.05, 4.69) is 0 Å². The predicted octanol–water partition coefficient (Wildman–Crippen LogP) is 1.48. The lowest BCUT2D eigenvalue weighted by Crippen LogP contribution is -2.40. The van der Waals surface area contributed by atoms with Gasteiger partial charge in [-0.15, -0.1) is 0 Å². The Morgan fingerprint density at radius 1 is 1.26 bits per heavy atom. The fraction of sp³-hybridized carbons (Fsp3) is 0.154. The number of aromatic nitrogens is 2. The Morgan fingerprint density at radius 2 is 2.00 bits per heavy atom. The van der Waals surface area contributed by atoms with Crippen LogP contribution in [0, 0.1) is 18.3 Å². The second-order valence-electron chi connectivity index (χ2n) is 3.95. The first-order chi connectivity index (χ1) is 9.06. The Bertz CT molecular complexity index is 784. The summed E-state index contributed by atoms with van der Waals surface area (Å²) in [5.74, 6) is 0. The molecular formula is C13H10ClN3O2. The third-order valence-electron chi connectivity index (χ3n) is 2.80. The van der Waals surface area contributed by atoms with Crippen LogP contribution in [0.5, 0.6) is 0 Å². The highest BCUT2D eigenvalue weighted by atomic mass is 35.5. The summed E-state index contributed by atoms with van der Waals surface area (Å²) in [6.07, 6.45) is 2.87. The van der Waals surface area contributed by atoms with Crippen molar-refractivity contribution in [3.63, 3.8) is 0 Å². The quantitative estimate of drug-likeness (QED) is 0.780. The van der Waals surface area contributed by atoms with E-state index in [0.29, 0.717) is 16.3 Å². The molecule has 0 saturated heterocycles. The van der Waals surface area contributed by atoms with Crippen molar-refractivity contribution < 1.29 is 0 Å². The van der Waals surface area contributed by atoms with Gasteiger partial charge in [0.05, 0.1) is 11.8 Å². The van der Waals surface area contributed by atoms with Gasteiger partial charge < -0.3 is 0 Å². The number of benzene rings is 1. The number of rotatable bonds is 2. The second-order valence-corrected chi connectivity index (χ2v) is 4.36. The van der Waals surface area contributed by atoms with Crippen LogP contribution in [0.2, 0.25) is 5.02 Å². The van der Waals surface area contributed by atoms with Crippen LogP contribution >= 0.6 is 11.6 Å². The molecule has 1 aromatic heterocycles. The standard InChI is InChI=1S/C13H10ClN3O2/c1-9-10(14)3-2-4-11(9)17-8-7-16(6-5-15)12(18)13(17)19/h2-4,7-8H,6H2,1H3. The van der Waals surface area contributed by atoms with Crippen molar-refractivity contribution >= 4 is 11.6 Å². The normalized spacial score (nSPS) is 10.2. The molecule has 0 aliphatic carbocycles. The summed E-state index contributed by atoms with van der Waals surface area (Å²) in [6.45, 7) is 1.62. The molecule has 1 aromatic carbocycles. The van der Waals surface area contributed by atoms with Crippen LogP contribution in [0.3, 0.4) is 0 Å². The Balaban J connectivity index is 2.69. The van der Waals surface area contributed by atoms with Gasteiger partial charge in [0.2, 0.25) is 0 Å². The highest BCUT2D eigenvalue weighted by Crippen LogP contribution is 2.20. The van der Waals surface area contributed by atoms with Crippen LogP contribution in [0.15, 0.2) is 40.2 Å². The van der Waals surface area contributed by atoms with Gasteiger partial charge in [-0.2, -0.15) is 5.26 Å². The molecule has 1 heterocycles. The molecule has 2 aromatic rings. The van der Waals surface area contributed by atoms with Crippen LogP contribution in [0.25, 0.3) is 5.69 Å². The lowest BCUT2D eigenvalue weighted by Gasteiger charge is -2.10. The van der Waals surface area contributed by atoms with E-state index in [9.17, 15) is 9.59 Å². The van der Waals surface area contributed by atoms with Gasteiger partial charge in [-0.1, -0.05) is 17.7 Å². The molecule has 19 heavy (non-hydrogen) atoms. The summed E-state index contributed by atoms with van der Waals surface area (Å²) >= 11 is 6.00. The molecule has 0 aliphatic rings. The van der Waals surface area contributed by atoms with Gasteiger partial charge >= 0.3 is 11.1 Å². The van der Waals surface area contributed by atoms with Crippen molar-refractivity contribution in [2.45, 2.75) is 13.5 Å². The zero-order valence-corrected chi connectivity index (χ0v) is 10.9. The summed E-state index contributed by atoms with van der Waals surface area (Å²) in [5.41, 5.74) is -0.172. The molecule has 0 unspecified atom stereocenters. The molecule has 5 nitrogen and oxygen atoms in total. The number of hydrogen-bond donors (Lipinski definition) is 0. The molecule has 0 bridgehead atoms. The van der Waals surface area contributed by atoms with E-state index in [0.717, 1.165) is 4.57 Å². The van der Waals surface area contributed by atoms with Crippen molar-refractivity contribution in [2.24, 2.45) is 0 Å². The van der Waals surface area contributed by atoms with Gasteiger partial charge in [-0.25, -0.2) is 0 Å². The van der Waals surface area contributed by atoms with Crippen molar-refractivity contribution in [2.75, 3.05) is 0 Å². The molecule has 6 heteroatoms. The lowest BCUT2D eigenvalue weighted by atomic mass is 10.2. The number of nitriles is 1.